The lowest BCUT2D eigenvalue weighted by atomic mass is 10.1. The first-order chi connectivity index (χ1) is 8.74. The van der Waals surface area contributed by atoms with Crippen LogP contribution >= 0.6 is 0 Å². The molecule has 1 saturated carbocycles. The molecule has 0 aliphatic heterocycles. The molecule has 96 valence electrons. The maximum Gasteiger partial charge on any atom is 0.101 e. The van der Waals surface area contributed by atoms with Gasteiger partial charge in [-0.2, -0.15) is 5.26 Å². The lowest BCUT2D eigenvalue weighted by Gasteiger charge is -2.20. The number of hydrogen-bond acceptors (Lipinski definition) is 3. The fourth-order valence-electron chi connectivity index (χ4n) is 2.28. The maximum absolute atomic E-state index is 9.10. The van der Waals surface area contributed by atoms with E-state index in [0.29, 0.717) is 0 Å². The molecule has 0 saturated heterocycles. The highest BCUT2D eigenvalue weighted by molar-refractivity contribution is 5.58. The van der Waals surface area contributed by atoms with Gasteiger partial charge in [0.15, 0.2) is 0 Å². The van der Waals surface area contributed by atoms with Crippen molar-refractivity contribution in [3.63, 3.8) is 0 Å². The Kier molecular flexibility index (Phi) is 4.22. The van der Waals surface area contributed by atoms with Gasteiger partial charge in [-0.3, -0.25) is 4.90 Å². The zero-order valence-electron chi connectivity index (χ0n) is 11.2. The molecule has 3 heteroatoms. The fourth-order valence-corrected chi connectivity index (χ4v) is 2.28. The molecule has 1 aliphatic carbocycles. The molecule has 0 radical (unpaired) electrons. The van der Waals surface area contributed by atoms with Gasteiger partial charge in [-0.05, 0) is 44.0 Å². The topological polar surface area (TPSA) is 39.1 Å². The van der Waals surface area contributed by atoms with E-state index in [1.165, 1.54) is 12.8 Å². The summed E-state index contributed by atoms with van der Waals surface area (Å²) in [6.45, 7) is 7.30. The van der Waals surface area contributed by atoms with E-state index in [0.717, 1.165) is 42.5 Å². The van der Waals surface area contributed by atoms with Gasteiger partial charge >= 0.3 is 0 Å². The lowest BCUT2D eigenvalue weighted by Crippen LogP contribution is -2.31. The molecule has 2 rings (SSSR count). The van der Waals surface area contributed by atoms with Crippen molar-refractivity contribution in [2.24, 2.45) is 0 Å². The molecule has 0 spiro atoms. The minimum absolute atomic E-state index is 0.740. The predicted octanol–water partition coefficient (Wildman–Crippen LogP) is 2.76. The zero-order valence-corrected chi connectivity index (χ0v) is 11.2. The first kappa shape index (κ1) is 12.9. The molecule has 0 atom stereocenters. The van der Waals surface area contributed by atoms with Gasteiger partial charge < -0.3 is 5.32 Å². The van der Waals surface area contributed by atoms with Crippen LogP contribution in [0.2, 0.25) is 0 Å². The van der Waals surface area contributed by atoms with Crippen LogP contribution in [-0.2, 0) is 0 Å². The predicted molar refractivity (Wildman–Crippen MR) is 74.7 cm³/mol. The maximum atomic E-state index is 9.10. The van der Waals surface area contributed by atoms with E-state index in [4.69, 9.17) is 5.26 Å². The Bertz CT molecular complexity index is 444. The van der Waals surface area contributed by atoms with E-state index in [9.17, 15) is 0 Å². The molecule has 0 bridgehead atoms. The normalized spacial score (nSPS) is 14.6. The van der Waals surface area contributed by atoms with E-state index in [1.807, 2.05) is 25.1 Å². The summed E-state index contributed by atoms with van der Waals surface area (Å²) in [7, 11) is 0. The van der Waals surface area contributed by atoms with Crippen molar-refractivity contribution in [1.29, 1.82) is 5.26 Å². The lowest BCUT2D eigenvalue weighted by molar-refractivity contribution is 0.289. The number of anilines is 1. The van der Waals surface area contributed by atoms with E-state index >= 15 is 0 Å². The number of hydrogen-bond donors (Lipinski definition) is 1. The Morgan fingerprint density at radius 2 is 2.22 bits per heavy atom. The minimum atomic E-state index is 0.740. The first-order valence-corrected chi connectivity index (χ1v) is 6.73. The Labute approximate surface area is 109 Å². The highest BCUT2D eigenvalue weighted by Gasteiger charge is 2.27. The van der Waals surface area contributed by atoms with Crippen LogP contribution in [0, 0.1) is 18.3 Å². The molecule has 3 nitrogen and oxygen atoms in total. The second-order valence-electron chi connectivity index (χ2n) is 4.95. The van der Waals surface area contributed by atoms with Crippen molar-refractivity contribution < 1.29 is 0 Å². The summed E-state index contributed by atoms with van der Waals surface area (Å²) in [5.74, 6) is 0. The third-order valence-electron chi connectivity index (χ3n) is 3.48. The Morgan fingerprint density at radius 1 is 1.44 bits per heavy atom. The largest absolute Gasteiger partial charge is 0.383 e. The van der Waals surface area contributed by atoms with Crippen LogP contribution in [0.1, 0.15) is 30.9 Å². The summed E-state index contributed by atoms with van der Waals surface area (Å²) in [4.78, 5) is 2.51. The van der Waals surface area contributed by atoms with Gasteiger partial charge in [0.1, 0.15) is 6.07 Å². The van der Waals surface area contributed by atoms with Crippen LogP contribution in [0.25, 0.3) is 0 Å². The van der Waals surface area contributed by atoms with E-state index in [1.54, 1.807) is 0 Å². The average Bonchev–Trinajstić information content (AvgIpc) is 3.20. The van der Waals surface area contributed by atoms with Crippen LogP contribution in [0.3, 0.4) is 0 Å². The van der Waals surface area contributed by atoms with Crippen molar-refractivity contribution >= 4 is 5.69 Å². The Morgan fingerprint density at radius 3 is 2.83 bits per heavy atom. The van der Waals surface area contributed by atoms with Gasteiger partial charge in [0.25, 0.3) is 0 Å². The van der Waals surface area contributed by atoms with E-state index in [-0.39, 0.29) is 0 Å². The molecule has 1 N–H and O–H groups in total. The molecular formula is C15H21N3. The number of aryl methyl sites for hydroxylation is 1. The van der Waals surface area contributed by atoms with Crippen LogP contribution in [0.4, 0.5) is 5.69 Å². The van der Waals surface area contributed by atoms with Crippen LogP contribution in [-0.4, -0.2) is 30.6 Å². The highest BCUT2D eigenvalue weighted by atomic mass is 15.2. The van der Waals surface area contributed by atoms with E-state index in [2.05, 4.69) is 23.2 Å². The number of likely N-dealkylation sites (N-methyl/N-ethyl adjacent to an activating group) is 1. The number of nitrogens with one attached hydrogen (secondary N) is 1. The van der Waals surface area contributed by atoms with Crippen molar-refractivity contribution in [3.05, 3.63) is 29.3 Å². The van der Waals surface area contributed by atoms with Gasteiger partial charge in [0, 0.05) is 19.1 Å². The number of benzene rings is 1. The second kappa shape index (κ2) is 5.88. The molecule has 0 aromatic heterocycles. The molecule has 1 aromatic rings. The summed E-state index contributed by atoms with van der Waals surface area (Å²) < 4.78 is 0. The number of nitrogens with zero attached hydrogens (tertiary/aromatic N) is 2. The average molecular weight is 243 g/mol. The molecule has 1 aromatic carbocycles. The summed E-state index contributed by atoms with van der Waals surface area (Å²) in [6, 6.07) is 9.03. The number of rotatable bonds is 6. The van der Waals surface area contributed by atoms with Gasteiger partial charge in [0.05, 0.1) is 11.3 Å². The van der Waals surface area contributed by atoms with Crippen LogP contribution in [0.15, 0.2) is 18.2 Å². The van der Waals surface area contributed by atoms with Crippen LogP contribution in [0.5, 0.6) is 0 Å². The second-order valence-corrected chi connectivity index (χ2v) is 4.95. The van der Waals surface area contributed by atoms with Crippen molar-refractivity contribution in [2.75, 3.05) is 25.0 Å². The van der Waals surface area contributed by atoms with Crippen molar-refractivity contribution in [1.82, 2.24) is 4.90 Å². The molecule has 1 aliphatic rings. The monoisotopic (exact) mass is 243 g/mol. The molecule has 18 heavy (non-hydrogen) atoms. The van der Waals surface area contributed by atoms with Gasteiger partial charge in [-0.15, -0.1) is 0 Å². The molecular weight excluding hydrogens is 222 g/mol. The highest BCUT2D eigenvalue weighted by Crippen LogP contribution is 2.26. The fraction of sp³-hybridized carbons (Fsp3) is 0.533. The van der Waals surface area contributed by atoms with Crippen molar-refractivity contribution in [3.8, 4) is 6.07 Å². The van der Waals surface area contributed by atoms with E-state index < -0.39 is 0 Å². The smallest absolute Gasteiger partial charge is 0.101 e. The van der Waals surface area contributed by atoms with Gasteiger partial charge in [0.2, 0.25) is 0 Å². The molecule has 0 amide bonds. The summed E-state index contributed by atoms with van der Waals surface area (Å²) in [6.07, 6.45) is 2.70. The van der Waals surface area contributed by atoms with Crippen LogP contribution < -0.4 is 5.32 Å². The third-order valence-corrected chi connectivity index (χ3v) is 3.48. The van der Waals surface area contributed by atoms with Crippen molar-refractivity contribution in [2.45, 2.75) is 32.7 Å². The quantitative estimate of drug-likeness (QED) is 0.835. The molecule has 0 heterocycles. The standard InChI is InChI=1S/C15H21N3/c1-3-18(14-5-6-14)9-8-17-15-7-4-12(2)10-13(15)11-16/h4,7,10,14,17H,3,5-6,8-9H2,1-2H3. The molecule has 1 fully saturated rings. The van der Waals surface area contributed by atoms with Gasteiger partial charge in [-0.1, -0.05) is 13.0 Å². The number of nitriles is 1. The third kappa shape index (κ3) is 3.24. The first-order valence-electron chi connectivity index (χ1n) is 6.73. The summed E-state index contributed by atoms with van der Waals surface area (Å²) in [5.41, 5.74) is 2.82. The molecule has 0 unspecified atom stereocenters. The summed E-state index contributed by atoms with van der Waals surface area (Å²) >= 11 is 0. The minimum Gasteiger partial charge on any atom is -0.383 e. The Hall–Kier alpha value is -1.53. The summed E-state index contributed by atoms with van der Waals surface area (Å²) in [5, 5.41) is 12.5. The SMILES string of the molecule is CCN(CCNc1ccc(C)cc1C#N)C1CC1. The van der Waals surface area contributed by atoms with Gasteiger partial charge in [-0.25, -0.2) is 0 Å². The Balaban J connectivity index is 1.88. The zero-order chi connectivity index (χ0) is 13.0.